The number of sulfonamides is 1. The third kappa shape index (κ3) is 1.89. The fourth-order valence-electron chi connectivity index (χ4n) is 1.36. The van der Waals surface area contributed by atoms with Gasteiger partial charge < -0.3 is 5.32 Å². The molecular weight excluding hydrogens is 304 g/mol. The molecule has 15 heavy (non-hydrogen) atoms. The maximum Gasteiger partial charge on any atom is 0.287 e. The third-order valence-corrected chi connectivity index (χ3v) is 4.01. The summed E-state index contributed by atoms with van der Waals surface area (Å²) in [6, 6.07) is 3.30. The molecular formula is C8H6BrClN2O2S. The number of anilines is 1. The number of nitrogens with zero attached hydrogens (tertiary/aromatic N) is 1. The molecule has 1 aliphatic heterocycles. The lowest BCUT2D eigenvalue weighted by molar-refractivity contribution is 0.598. The molecule has 1 aromatic rings. The number of nitrogens with one attached hydrogen (secondary N) is 1. The van der Waals surface area contributed by atoms with Gasteiger partial charge in [-0.2, -0.15) is 8.42 Å². The maximum atomic E-state index is 11.7. The van der Waals surface area contributed by atoms with E-state index in [1.165, 1.54) is 6.07 Å². The highest BCUT2D eigenvalue weighted by Gasteiger charge is 2.25. The Balaban J connectivity index is 2.80. The number of hydrogen-bond acceptors (Lipinski definition) is 3. The van der Waals surface area contributed by atoms with Gasteiger partial charge in [0.25, 0.3) is 10.0 Å². The smallest absolute Gasteiger partial charge is 0.287 e. The van der Waals surface area contributed by atoms with Crippen LogP contribution in [0, 0.1) is 6.92 Å². The van der Waals surface area contributed by atoms with Gasteiger partial charge in [0.15, 0.2) is 0 Å². The summed E-state index contributed by atoms with van der Waals surface area (Å²) in [7, 11) is -3.67. The Bertz CT molecular complexity index is 568. The van der Waals surface area contributed by atoms with Crippen LogP contribution in [-0.4, -0.2) is 13.7 Å². The average Bonchev–Trinajstić information content (AvgIpc) is 2.06. The van der Waals surface area contributed by atoms with Crippen LogP contribution in [0.1, 0.15) is 5.56 Å². The Morgan fingerprint density at radius 1 is 1.47 bits per heavy atom. The number of hydrogen-bond donors (Lipinski definition) is 1. The fraction of sp³-hybridized carbons (Fsp3) is 0.125. The molecule has 0 saturated heterocycles. The van der Waals surface area contributed by atoms with E-state index >= 15 is 0 Å². The second-order valence-electron chi connectivity index (χ2n) is 3.08. The van der Waals surface area contributed by atoms with Crippen molar-refractivity contribution in [2.75, 3.05) is 5.32 Å². The van der Waals surface area contributed by atoms with Gasteiger partial charge in [-0.15, -0.1) is 4.40 Å². The van der Waals surface area contributed by atoms with Crippen LogP contribution < -0.4 is 5.32 Å². The molecule has 0 amide bonds. The van der Waals surface area contributed by atoms with Gasteiger partial charge in [-0.1, -0.05) is 15.9 Å². The molecule has 0 atom stereocenters. The Morgan fingerprint density at radius 3 is 2.80 bits per heavy atom. The first-order chi connectivity index (χ1) is 6.90. The molecule has 1 aliphatic rings. The van der Waals surface area contributed by atoms with Crippen molar-refractivity contribution >= 4 is 48.5 Å². The molecule has 7 heteroatoms. The van der Waals surface area contributed by atoms with Crippen molar-refractivity contribution in [3.63, 3.8) is 0 Å². The molecule has 0 spiro atoms. The summed E-state index contributed by atoms with van der Waals surface area (Å²) in [5, 5.41) is 2.59. The number of rotatable bonds is 0. The Morgan fingerprint density at radius 2 is 2.13 bits per heavy atom. The zero-order valence-electron chi connectivity index (χ0n) is 7.58. The summed E-state index contributed by atoms with van der Waals surface area (Å²) < 4.78 is 27.4. The average molecular weight is 310 g/mol. The van der Waals surface area contributed by atoms with E-state index < -0.39 is 10.0 Å². The summed E-state index contributed by atoms with van der Waals surface area (Å²) in [6.07, 6.45) is 0. The van der Waals surface area contributed by atoms with Gasteiger partial charge in [0, 0.05) is 4.47 Å². The highest BCUT2D eigenvalue weighted by Crippen LogP contribution is 2.33. The third-order valence-electron chi connectivity index (χ3n) is 1.97. The van der Waals surface area contributed by atoms with E-state index in [1.807, 2.05) is 0 Å². The molecule has 0 radical (unpaired) electrons. The minimum absolute atomic E-state index is 0.132. The lowest BCUT2D eigenvalue weighted by Crippen LogP contribution is -2.17. The van der Waals surface area contributed by atoms with Gasteiger partial charge in [0.2, 0.25) is 5.29 Å². The van der Waals surface area contributed by atoms with Crippen LogP contribution in [0.25, 0.3) is 0 Å². The minimum Gasteiger partial charge on any atom is -0.328 e. The molecule has 2 rings (SSSR count). The summed E-state index contributed by atoms with van der Waals surface area (Å²) in [4.78, 5) is 0.138. The van der Waals surface area contributed by atoms with Gasteiger partial charge in [0.05, 0.1) is 5.69 Å². The molecule has 1 N–H and O–H groups in total. The molecule has 80 valence electrons. The van der Waals surface area contributed by atoms with Gasteiger partial charge in [-0.05, 0) is 36.2 Å². The molecule has 0 aliphatic carbocycles. The summed E-state index contributed by atoms with van der Waals surface area (Å²) in [5.74, 6) is 0. The molecule has 0 saturated carbocycles. The summed E-state index contributed by atoms with van der Waals surface area (Å²) in [6.45, 7) is 1.79. The van der Waals surface area contributed by atoms with Gasteiger partial charge >= 0.3 is 0 Å². The van der Waals surface area contributed by atoms with Crippen molar-refractivity contribution in [3.05, 3.63) is 22.2 Å². The Hall–Kier alpha value is -0.590. The van der Waals surface area contributed by atoms with Crippen LogP contribution in [-0.2, 0) is 10.0 Å². The molecule has 0 aromatic heterocycles. The van der Waals surface area contributed by atoms with Crippen LogP contribution in [0.15, 0.2) is 25.9 Å². The first-order valence-corrected chi connectivity index (χ1v) is 6.59. The van der Waals surface area contributed by atoms with Crippen LogP contribution in [0.5, 0.6) is 0 Å². The van der Waals surface area contributed by atoms with Crippen molar-refractivity contribution in [1.29, 1.82) is 0 Å². The number of benzene rings is 1. The second kappa shape index (κ2) is 3.47. The van der Waals surface area contributed by atoms with E-state index in [0.29, 0.717) is 10.2 Å². The second-order valence-corrected chi connectivity index (χ2v) is 5.92. The first-order valence-electron chi connectivity index (χ1n) is 3.98. The van der Waals surface area contributed by atoms with Crippen molar-refractivity contribution in [2.45, 2.75) is 11.8 Å². The topological polar surface area (TPSA) is 58.5 Å². The van der Waals surface area contributed by atoms with E-state index in [0.717, 1.165) is 5.56 Å². The molecule has 1 heterocycles. The van der Waals surface area contributed by atoms with E-state index in [1.54, 1.807) is 13.0 Å². The van der Waals surface area contributed by atoms with Crippen molar-refractivity contribution in [2.24, 2.45) is 4.40 Å². The molecule has 0 fully saturated rings. The molecule has 4 nitrogen and oxygen atoms in total. The minimum atomic E-state index is -3.67. The SMILES string of the molecule is Cc1cc(Br)cc2c1NC(Cl)=NS2(=O)=O. The quantitative estimate of drug-likeness (QED) is 0.749. The largest absolute Gasteiger partial charge is 0.328 e. The highest BCUT2D eigenvalue weighted by atomic mass is 79.9. The van der Waals surface area contributed by atoms with Crippen molar-refractivity contribution < 1.29 is 8.42 Å². The predicted octanol–water partition coefficient (Wildman–Crippen LogP) is 2.47. The lowest BCUT2D eigenvalue weighted by atomic mass is 10.2. The standard InChI is InChI=1S/C8H6BrClN2O2S/c1-4-2-5(9)3-6-7(4)11-8(10)12-15(6,13)14/h2-3H,1H3,(H,11,12). The number of amidine groups is 1. The number of fused-ring (bicyclic) bond motifs is 1. The zero-order chi connectivity index (χ0) is 11.2. The van der Waals surface area contributed by atoms with Gasteiger partial charge in [0.1, 0.15) is 4.90 Å². The van der Waals surface area contributed by atoms with Crippen LogP contribution in [0.3, 0.4) is 0 Å². The van der Waals surface area contributed by atoms with Gasteiger partial charge in [-0.3, -0.25) is 0 Å². The normalized spacial score (nSPS) is 17.7. The number of halogens is 2. The summed E-state index contributed by atoms with van der Waals surface area (Å²) >= 11 is 8.82. The van der Waals surface area contributed by atoms with Crippen LogP contribution >= 0.6 is 27.5 Å². The first kappa shape index (κ1) is 10.9. The fourth-order valence-corrected chi connectivity index (χ4v) is 3.55. The van der Waals surface area contributed by atoms with E-state index in [2.05, 4.69) is 25.6 Å². The molecule has 1 aromatic carbocycles. The molecule has 0 bridgehead atoms. The monoisotopic (exact) mass is 308 g/mol. The Labute approximate surface area is 101 Å². The van der Waals surface area contributed by atoms with Crippen LogP contribution in [0.2, 0.25) is 0 Å². The maximum absolute atomic E-state index is 11.7. The van der Waals surface area contributed by atoms with E-state index in [-0.39, 0.29) is 10.2 Å². The van der Waals surface area contributed by atoms with E-state index in [9.17, 15) is 8.42 Å². The zero-order valence-corrected chi connectivity index (χ0v) is 10.7. The number of aryl methyl sites for hydroxylation is 1. The molecule has 0 unspecified atom stereocenters. The van der Waals surface area contributed by atoms with Gasteiger partial charge in [-0.25, -0.2) is 0 Å². The predicted molar refractivity (Wildman–Crippen MR) is 63.0 cm³/mol. The van der Waals surface area contributed by atoms with Crippen LogP contribution in [0.4, 0.5) is 5.69 Å². The van der Waals surface area contributed by atoms with Crippen molar-refractivity contribution in [1.82, 2.24) is 0 Å². The lowest BCUT2D eigenvalue weighted by Gasteiger charge is -2.17. The highest BCUT2D eigenvalue weighted by molar-refractivity contribution is 9.10. The van der Waals surface area contributed by atoms with Crippen molar-refractivity contribution in [3.8, 4) is 0 Å². The van der Waals surface area contributed by atoms with E-state index in [4.69, 9.17) is 11.6 Å². The summed E-state index contributed by atoms with van der Waals surface area (Å²) in [5.41, 5.74) is 1.27. The Kier molecular flexibility index (Phi) is 2.52.